The minimum atomic E-state index is -0.220. The summed E-state index contributed by atoms with van der Waals surface area (Å²) in [6.45, 7) is 4.78. The molecule has 2 aromatic rings. The van der Waals surface area contributed by atoms with Gasteiger partial charge in [-0.3, -0.25) is 14.4 Å². The summed E-state index contributed by atoms with van der Waals surface area (Å²) in [4.78, 5) is 38.6. The molecule has 2 N–H and O–H groups in total. The highest BCUT2D eigenvalue weighted by Gasteiger charge is 2.17. The topological polar surface area (TPSA) is 78.5 Å². The van der Waals surface area contributed by atoms with Gasteiger partial charge in [0.05, 0.1) is 6.54 Å². The highest BCUT2D eigenvalue weighted by molar-refractivity contribution is 6.30. The molecule has 160 valence electrons. The summed E-state index contributed by atoms with van der Waals surface area (Å²) in [5, 5.41) is 6.22. The van der Waals surface area contributed by atoms with Crippen LogP contribution in [0.15, 0.2) is 48.5 Å². The van der Waals surface area contributed by atoms with Crippen molar-refractivity contribution in [2.75, 3.05) is 25.0 Å². The lowest BCUT2D eigenvalue weighted by Crippen LogP contribution is -2.39. The molecule has 0 aromatic heterocycles. The van der Waals surface area contributed by atoms with Crippen molar-refractivity contribution in [2.45, 2.75) is 33.1 Å². The second-order valence-corrected chi connectivity index (χ2v) is 7.48. The molecule has 7 heteroatoms. The third kappa shape index (κ3) is 7.52. The lowest BCUT2D eigenvalue weighted by molar-refractivity contribution is -0.134. The van der Waals surface area contributed by atoms with Gasteiger partial charge in [0.25, 0.3) is 5.91 Å². The second kappa shape index (κ2) is 12.0. The van der Waals surface area contributed by atoms with E-state index in [4.69, 9.17) is 11.6 Å². The van der Waals surface area contributed by atoms with Crippen molar-refractivity contribution >= 4 is 35.0 Å². The van der Waals surface area contributed by atoms with E-state index in [-0.39, 0.29) is 30.7 Å². The predicted molar refractivity (Wildman–Crippen MR) is 120 cm³/mol. The Morgan fingerprint density at radius 2 is 1.73 bits per heavy atom. The second-order valence-electron chi connectivity index (χ2n) is 7.04. The normalized spacial score (nSPS) is 10.4. The standard InChI is InChI=1S/C23H28ClN3O3/c1-3-15-27(16-21(28)26-20-8-5-4-7-17(20)2)22(29)9-6-14-25-23(30)18-10-12-19(24)13-11-18/h4-5,7-8,10-13H,3,6,9,14-16H2,1-2H3,(H,25,30)(H,26,28). The van der Waals surface area contributed by atoms with E-state index in [0.717, 1.165) is 17.7 Å². The number of halogens is 1. The van der Waals surface area contributed by atoms with E-state index in [9.17, 15) is 14.4 Å². The summed E-state index contributed by atoms with van der Waals surface area (Å²) < 4.78 is 0. The van der Waals surface area contributed by atoms with E-state index in [1.54, 1.807) is 29.2 Å². The largest absolute Gasteiger partial charge is 0.352 e. The number of rotatable bonds is 10. The fraction of sp³-hybridized carbons (Fsp3) is 0.348. The molecule has 3 amide bonds. The SMILES string of the molecule is CCCN(CC(=O)Nc1ccccc1C)C(=O)CCCNC(=O)c1ccc(Cl)cc1. The molecule has 0 saturated heterocycles. The van der Waals surface area contributed by atoms with Crippen LogP contribution in [0.5, 0.6) is 0 Å². The highest BCUT2D eigenvalue weighted by atomic mass is 35.5. The first-order valence-electron chi connectivity index (χ1n) is 10.1. The smallest absolute Gasteiger partial charge is 0.251 e. The Labute approximate surface area is 182 Å². The Kier molecular flexibility index (Phi) is 9.35. The molecule has 0 fully saturated rings. The first kappa shape index (κ1) is 23.4. The Morgan fingerprint density at radius 1 is 1.03 bits per heavy atom. The molecule has 2 rings (SSSR count). The molecule has 0 radical (unpaired) electrons. The zero-order valence-corrected chi connectivity index (χ0v) is 18.2. The summed E-state index contributed by atoms with van der Waals surface area (Å²) in [5.74, 6) is -0.526. The van der Waals surface area contributed by atoms with Gasteiger partial charge in [-0.1, -0.05) is 36.7 Å². The van der Waals surface area contributed by atoms with Crippen LogP contribution in [-0.2, 0) is 9.59 Å². The molecule has 2 aromatic carbocycles. The van der Waals surface area contributed by atoms with Crippen molar-refractivity contribution in [3.05, 3.63) is 64.7 Å². The molecule has 0 aliphatic heterocycles. The van der Waals surface area contributed by atoms with E-state index < -0.39 is 0 Å². The summed E-state index contributed by atoms with van der Waals surface area (Å²) in [5.41, 5.74) is 2.23. The first-order valence-corrected chi connectivity index (χ1v) is 10.5. The molecule has 0 unspecified atom stereocenters. The molecule has 0 heterocycles. The number of benzene rings is 2. The summed E-state index contributed by atoms with van der Waals surface area (Å²) >= 11 is 5.82. The predicted octanol–water partition coefficient (Wildman–Crippen LogP) is 4.04. The van der Waals surface area contributed by atoms with Crippen LogP contribution >= 0.6 is 11.6 Å². The summed E-state index contributed by atoms with van der Waals surface area (Å²) in [6, 6.07) is 14.1. The number of carbonyl (C=O) groups excluding carboxylic acids is 3. The molecule has 0 atom stereocenters. The number of amides is 3. The molecular formula is C23H28ClN3O3. The molecule has 0 aliphatic carbocycles. The van der Waals surface area contributed by atoms with Gasteiger partial charge in [-0.05, 0) is 55.7 Å². The Bertz CT molecular complexity index is 868. The van der Waals surface area contributed by atoms with Crippen LogP contribution in [0.3, 0.4) is 0 Å². The molecule has 0 aliphatic rings. The zero-order valence-electron chi connectivity index (χ0n) is 17.4. The lowest BCUT2D eigenvalue weighted by Gasteiger charge is -2.22. The number of aryl methyl sites for hydroxylation is 1. The molecule has 0 bridgehead atoms. The van der Waals surface area contributed by atoms with E-state index in [0.29, 0.717) is 30.1 Å². The van der Waals surface area contributed by atoms with E-state index in [1.807, 2.05) is 38.1 Å². The van der Waals surface area contributed by atoms with Crippen LogP contribution < -0.4 is 10.6 Å². The van der Waals surface area contributed by atoms with Crippen molar-refractivity contribution in [1.82, 2.24) is 10.2 Å². The highest BCUT2D eigenvalue weighted by Crippen LogP contribution is 2.13. The summed E-state index contributed by atoms with van der Waals surface area (Å²) in [7, 11) is 0. The molecular weight excluding hydrogens is 402 g/mol. The van der Waals surface area contributed by atoms with E-state index in [1.165, 1.54) is 0 Å². The van der Waals surface area contributed by atoms with Crippen LogP contribution in [0.1, 0.15) is 42.1 Å². The minimum absolute atomic E-state index is 0.0120. The zero-order chi connectivity index (χ0) is 21.9. The van der Waals surface area contributed by atoms with Crippen molar-refractivity contribution in [3.8, 4) is 0 Å². The maximum absolute atomic E-state index is 12.6. The minimum Gasteiger partial charge on any atom is -0.352 e. The van der Waals surface area contributed by atoms with Crippen molar-refractivity contribution in [3.63, 3.8) is 0 Å². The third-order valence-corrected chi connectivity index (χ3v) is 4.81. The number of para-hydroxylation sites is 1. The van der Waals surface area contributed by atoms with Crippen molar-refractivity contribution in [1.29, 1.82) is 0 Å². The molecule has 6 nitrogen and oxygen atoms in total. The van der Waals surface area contributed by atoms with Gasteiger partial charge in [-0.15, -0.1) is 0 Å². The quantitative estimate of drug-likeness (QED) is 0.559. The van der Waals surface area contributed by atoms with Gasteiger partial charge in [0.15, 0.2) is 0 Å². The molecule has 0 saturated carbocycles. The fourth-order valence-electron chi connectivity index (χ4n) is 2.94. The van der Waals surface area contributed by atoms with Crippen LogP contribution in [0.25, 0.3) is 0 Å². The Morgan fingerprint density at radius 3 is 2.40 bits per heavy atom. The van der Waals surface area contributed by atoms with Crippen LogP contribution in [0, 0.1) is 6.92 Å². The van der Waals surface area contributed by atoms with Crippen molar-refractivity contribution < 1.29 is 14.4 Å². The van der Waals surface area contributed by atoms with Crippen LogP contribution in [-0.4, -0.2) is 42.3 Å². The van der Waals surface area contributed by atoms with Gasteiger partial charge < -0.3 is 15.5 Å². The van der Waals surface area contributed by atoms with Gasteiger partial charge in [0.1, 0.15) is 0 Å². The van der Waals surface area contributed by atoms with Gasteiger partial charge in [0.2, 0.25) is 11.8 Å². The third-order valence-electron chi connectivity index (χ3n) is 4.56. The average molecular weight is 430 g/mol. The number of anilines is 1. The number of hydrogen-bond acceptors (Lipinski definition) is 3. The van der Waals surface area contributed by atoms with Gasteiger partial charge in [-0.25, -0.2) is 0 Å². The lowest BCUT2D eigenvalue weighted by atomic mass is 10.2. The number of hydrogen-bond donors (Lipinski definition) is 2. The Balaban J connectivity index is 1.78. The van der Waals surface area contributed by atoms with E-state index >= 15 is 0 Å². The number of nitrogens with one attached hydrogen (secondary N) is 2. The molecule has 0 spiro atoms. The van der Waals surface area contributed by atoms with Crippen molar-refractivity contribution in [2.24, 2.45) is 0 Å². The maximum Gasteiger partial charge on any atom is 0.251 e. The summed E-state index contributed by atoms with van der Waals surface area (Å²) in [6.07, 6.45) is 1.52. The first-order chi connectivity index (χ1) is 14.4. The van der Waals surface area contributed by atoms with Gasteiger partial charge >= 0.3 is 0 Å². The van der Waals surface area contributed by atoms with Gasteiger partial charge in [0, 0.05) is 35.8 Å². The monoisotopic (exact) mass is 429 g/mol. The molecule has 30 heavy (non-hydrogen) atoms. The van der Waals surface area contributed by atoms with E-state index in [2.05, 4.69) is 10.6 Å². The Hall–Kier alpha value is -2.86. The van der Waals surface area contributed by atoms with Gasteiger partial charge in [-0.2, -0.15) is 0 Å². The number of carbonyl (C=O) groups is 3. The van der Waals surface area contributed by atoms with Crippen LogP contribution in [0.2, 0.25) is 5.02 Å². The average Bonchev–Trinajstić information content (AvgIpc) is 2.72. The van der Waals surface area contributed by atoms with Crippen LogP contribution in [0.4, 0.5) is 5.69 Å². The fourth-order valence-corrected chi connectivity index (χ4v) is 3.07. The number of nitrogens with zero attached hydrogens (tertiary/aromatic N) is 1. The maximum atomic E-state index is 12.6.